The van der Waals surface area contributed by atoms with Crippen molar-refractivity contribution < 1.29 is 4.74 Å². The largest absolute Gasteiger partial charge is 0.497 e. The Morgan fingerprint density at radius 2 is 1.78 bits per heavy atom. The lowest BCUT2D eigenvalue weighted by Crippen LogP contribution is -2.02. The molecule has 2 aromatic carbocycles. The summed E-state index contributed by atoms with van der Waals surface area (Å²) in [6.07, 6.45) is 0.920. The molecule has 0 spiro atoms. The summed E-state index contributed by atoms with van der Waals surface area (Å²) in [6.45, 7) is 2.82. The molecule has 0 aliphatic carbocycles. The Balaban J connectivity index is 2.38. The third-order valence-electron chi connectivity index (χ3n) is 3.14. The van der Waals surface area contributed by atoms with Gasteiger partial charge >= 0.3 is 0 Å². The van der Waals surface area contributed by atoms with Gasteiger partial charge in [-0.15, -0.1) is 0 Å². The van der Waals surface area contributed by atoms with Gasteiger partial charge in [-0.25, -0.2) is 0 Å². The van der Waals surface area contributed by atoms with Crippen LogP contribution in [0.4, 0.5) is 0 Å². The molecule has 0 aliphatic heterocycles. The predicted octanol–water partition coefficient (Wildman–Crippen LogP) is 3.17. The van der Waals surface area contributed by atoms with Crippen molar-refractivity contribution in [2.45, 2.75) is 13.3 Å². The first-order valence-electron chi connectivity index (χ1n) is 6.18. The molecule has 0 aromatic heterocycles. The fourth-order valence-corrected chi connectivity index (χ4v) is 2.07. The van der Waals surface area contributed by atoms with E-state index in [4.69, 9.17) is 10.5 Å². The number of hydrogen-bond donors (Lipinski definition) is 1. The van der Waals surface area contributed by atoms with Crippen LogP contribution in [0.2, 0.25) is 0 Å². The van der Waals surface area contributed by atoms with Crippen LogP contribution in [-0.2, 0) is 6.42 Å². The van der Waals surface area contributed by atoms with Gasteiger partial charge in [0, 0.05) is 0 Å². The normalized spacial score (nSPS) is 10.4. The van der Waals surface area contributed by atoms with Gasteiger partial charge in [-0.1, -0.05) is 30.3 Å². The van der Waals surface area contributed by atoms with E-state index >= 15 is 0 Å². The van der Waals surface area contributed by atoms with Gasteiger partial charge in [-0.05, 0) is 54.3 Å². The first-order valence-corrected chi connectivity index (χ1v) is 6.18. The zero-order valence-electron chi connectivity index (χ0n) is 10.9. The van der Waals surface area contributed by atoms with Crippen LogP contribution in [0.25, 0.3) is 11.1 Å². The van der Waals surface area contributed by atoms with Crippen molar-refractivity contribution in [1.29, 1.82) is 0 Å². The highest BCUT2D eigenvalue weighted by Gasteiger charge is 2.03. The lowest BCUT2D eigenvalue weighted by atomic mass is 9.97. The zero-order chi connectivity index (χ0) is 13.0. The fraction of sp³-hybridized carbons (Fsp3) is 0.250. The van der Waals surface area contributed by atoms with Crippen LogP contribution in [0.5, 0.6) is 5.75 Å². The first-order chi connectivity index (χ1) is 8.74. The molecule has 94 valence electrons. The highest BCUT2D eigenvalue weighted by molar-refractivity contribution is 5.68. The molecule has 18 heavy (non-hydrogen) atoms. The third kappa shape index (κ3) is 2.71. The van der Waals surface area contributed by atoms with E-state index in [0.717, 1.165) is 12.2 Å². The number of benzene rings is 2. The molecular formula is C16H19NO. The number of aryl methyl sites for hydroxylation is 1. The minimum atomic E-state index is 0.686. The summed E-state index contributed by atoms with van der Waals surface area (Å²) in [5.41, 5.74) is 10.7. The summed E-state index contributed by atoms with van der Waals surface area (Å²) in [5, 5.41) is 0. The zero-order valence-corrected chi connectivity index (χ0v) is 10.9. The van der Waals surface area contributed by atoms with Gasteiger partial charge in [0.15, 0.2) is 0 Å². The average Bonchev–Trinajstić information content (AvgIpc) is 2.41. The van der Waals surface area contributed by atoms with Crippen molar-refractivity contribution in [3.8, 4) is 16.9 Å². The number of nitrogens with two attached hydrogens (primary N) is 1. The van der Waals surface area contributed by atoms with Crippen molar-refractivity contribution in [1.82, 2.24) is 0 Å². The van der Waals surface area contributed by atoms with E-state index in [2.05, 4.69) is 37.3 Å². The Morgan fingerprint density at radius 3 is 2.39 bits per heavy atom. The van der Waals surface area contributed by atoms with Gasteiger partial charge in [0.25, 0.3) is 0 Å². The number of methoxy groups -OCH3 is 1. The van der Waals surface area contributed by atoms with Crippen molar-refractivity contribution in [3.63, 3.8) is 0 Å². The first kappa shape index (κ1) is 12.7. The minimum Gasteiger partial charge on any atom is -0.497 e. The second-order valence-electron chi connectivity index (χ2n) is 4.42. The van der Waals surface area contributed by atoms with Crippen molar-refractivity contribution in [2.75, 3.05) is 13.7 Å². The summed E-state index contributed by atoms with van der Waals surface area (Å²) < 4.78 is 5.18. The predicted molar refractivity (Wildman–Crippen MR) is 75.9 cm³/mol. The van der Waals surface area contributed by atoms with Crippen LogP contribution < -0.4 is 10.5 Å². The van der Waals surface area contributed by atoms with Crippen molar-refractivity contribution in [3.05, 3.63) is 53.6 Å². The fourth-order valence-electron chi connectivity index (χ4n) is 2.07. The summed E-state index contributed by atoms with van der Waals surface area (Å²) in [5.74, 6) is 0.884. The maximum atomic E-state index is 5.61. The molecule has 2 N–H and O–H groups in total. The Labute approximate surface area is 108 Å². The van der Waals surface area contributed by atoms with Gasteiger partial charge in [-0.3, -0.25) is 0 Å². The van der Waals surface area contributed by atoms with Crippen LogP contribution in [0.1, 0.15) is 11.1 Å². The van der Waals surface area contributed by atoms with Crippen LogP contribution in [-0.4, -0.2) is 13.7 Å². The van der Waals surface area contributed by atoms with Gasteiger partial charge in [0.1, 0.15) is 5.75 Å². The van der Waals surface area contributed by atoms with Crippen molar-refractivity contribution >= 4 is 0 Å². The molecular weight excluding hydrogens is 222 g/mol. The molecule has 2 rings (SSSR count). The molecule has 0 fully saturated rings. The van der Waals surface area contributed by atoms with E-state index in [-0.39, 0.29) is 0 Å². The van der Waals surface area contributed by atoms with E-state index < -0.39 is 0 Å². The Hall–Kier alpha value is -1.80. The molecule has 2 aromatic rings. The van der Waals surface area contributed by atoms with Gasteiger partial charge in [0.05, 0.1) is 7.11 Å². The lowest BCUT2D eigenvalue weighted by molar-refractivity contribution is 0.415. The van der Waals surface area contributed by atoms with Gasteiger partial charge in [-0.2, -0.15) is 0 Å². The summed E-state index contributed by atoms with van der Waals surface area (Å²) >= 11 is 0. The van der Waals surface area contributed by atoms with E-state index in [1.165, 1.54) is 22.3 Å². The van der Waals surface area contributed by atoms with Crippen LogP contribution >= 0.6 is 0 Å². The van der Waals surface area contributed by atoms with E-state index in [1.807, 2.05) is 12.1 Å². The lowest BCUT2D eigenvalue weighted by Gasteiger charge is -2.09. The Kier molecular flexibility index (Phi) is 4.00. The molecule has 0 amide bonds. The number of hydrogen-bond acceptors (Lipinski definition) is 2. The molecule has 0 aliphatic rings. The molecule has 0 saturated heterocycles. The van der Waals surface area contributed by atoms with Crippen LogP contribution in [0, 0.1) is 6.92 Å². The monoisotopic (exact) mass is 241 g/mol. The van der Waals surface area contributed by atoms with Gasteiger partial charge in [0.2, 0.25) is 0 Å². The molecule has 2 heteroatoms. The second-order valence-corrected chi connectivity index (χ2v) is 4.42. The average molecular weight is 241 g/mol. The van der Waals surface area contributed by atoms with Crippen LogP contribution in [0.3, 0.4) is 0 Å². The summed E-state index contributed by atoms with van der Waals surface area (Å²) in [4.78, 5) is 0. The molecule has 0 radical (unpaired) electrons. The topological polar surface area (TPSA) is 35.2 Å². The highest BCUT2D eigenvalue weighted by atomic mass is 16.5. The summed E-state index contributed by atoms with van der Waals surface area (Å²) in [6, 6.07) is 14.7. The Morgan fingerprint density at radius 1 is 1.06 bits per heavy atom. The maximum Gasteiger partial charge on any atom is 0.118 e. The summed E-state index contributed by atoms with van der Waals surface area (Å²) in [7, 11) is 1.68. The molecule has 0 bridgehead atoms. The standard InChI is InChI=1S/C16H19NO/c1-12-3-4-13(9-10-17)11-16(12)14-5-7-15(18-2)8-6-14/h3-8,11H,9-10,17H2,1-2H3. The quantitative estimate of drug-likeness (QED) is 0.892. The van der Waals surface area contributed by atoms with Crippen molar-refractivity contribution in [2.24, 2.45) is 5.73 Å². The number of ether oxygens (including phenoxy) is 1. The molecule has 2 nitrogen and oxygen atoms in total. The maximum absolute atomic E-state index is 5.61. The molecule has 0 saturated carbocycles. The Bertz CT molecular complexity index is 517. The minimum absolute atomic E-state index is 0.686. The smallest absolute Gasteiger partial charge is 0.118 e. The van der Waals surface area contributed by atoms with Gasteiger partial charge < -0.3 is 10.5 Å². The second kappa shape index (κ2) is 5.69. The number of rotatable bonds is 4. The molecule has 0 atom stereocenters. The van der Waals surface area contributed by atoms with E-state index in [9.17, 15) is 0 Å². The highest BCUT2D eigenvalue weighted by Crippen LogP contribution is 2.26. The molecule has 0 unspecified atom stereocenters. The van der Waals surface area contributed by atoms with Crippen LogP contribution in [0.15, 0.2) is 42.5 Å². The molecule has 0 heterocycles. The SMILES string of the molecule is COc1ccc(-c2cc(CCN)ccc2C)cc1. The van der Waals surface area contributed by atoms with E-state index in [0.29, 0.717) is 6.54 Å². The third-order valence-corrected chi connectivity index (χ3v) is 3.14. The van der Waals surface area contributed by atoms with E-state index in [1.54, 1.807) is 7.11 Å².